The van der Waals surface area contributed by atoms with Crippen molar-refractivity contribution in [1.29, 1.82) is 0 Å². The standard InChI is InChI=1S/C15H16N2O2/c16-15(18)14-8-4-7-13(9-14)10-17-19-11-12-5-2-1-3-6-12/h1-9,17H,10-11H2,(H2,16,18). The maximum absolute atomic E-state index is 11.0. The van der Waals surface area contributed by atoms with Gasteiger partial charge in [0.15, 0.2) is 0 Å². The molecule has 0 aromatic heterocycles. The predicted molar refractivity (Wildman–Crippen MR) is 73.0 cm³/mol. The number of rotatable bonds is 6. The molecule has 0 atom stereocenters. The first-order valence-corrected chi connectivity index (χ1v) is 6.03. The second-order valence-electron chi connectivity index (χ2n) is 4.16. The third-order valence-electron chi connectivity index (χ3n) is 2.67. The van der Waals surface area contributed by atoms with Crippen molar-refractivity contribution in [1.82, 2.24) is 5.48 Å². The summed E-state index contributed by atoms with van der Waals surface area (Å²) in [5, 5.41) is 0. The molecule has 0 aliphatic carbocycles. The lowest BCUT2D eigenvalue weighted by molar-refractivity contribution is 0.0235. The van der Waals surface area contributed by atoms with Gasteiger partial charge in [0.1, 0.15) is 0 Å². The minimum Gasteiger partial charge on any atom is -0.366 e. The number of hydroxylamine groups is 1. The number of nitrogens with one attached hydrogen (secondary N) is 1. The molecule has 0 radical (unpaired) electrons. The number of nitrogens with two attached hydrogens (primary N) is 1. The minimum atomic E-state index is -0.424. The molecule has 0 bridgehead atoms. The molecule has 0 saturated heterocycles. The highest BCUT2D eigenvalue weighted by atomic mass is 16.6. The van der Waals surface area contributed by atoms with E-state index in [2.05, 4.69) is 5.48 Å². The predicted octanol–water partition coefficient (Wildman–Crippen LogP) is 2.01. The van der Waals surface area contributed by atoms with Gasteiger partial charge in [-0.25, -0.2) is 0 Å². The smallest absolute Gasteiger partial charge is 0.248 e. The summed E-state index contributed by atoms with van der Waals surface area (Å²) < 4.78 is 0. The molecule has 4 heteroatoms. The number of carbonyl (C=O) groups excluding carboxylic acids is 1. The molecule has 4 nitrogen and oxygen atoms in total. The van der Waals surface area contributed by atoms with Crippen LogP contribution in [0.15, 0.2) is 54.6 Å². The van der Waals surface area contributed by atoms with Crippen LogP contribution in [0.2, 0.25) is 0 Å². The van der Waals surface area contributed by atoms with E-state index in [-0.39, 0.29) is 0 Å². The summed E-state index contributed by atoms with van der Waals surface area (Å²) >= 11 is 0. The van der Waals surface area contributed by atoms with Gasteiger partial charge in [-0.2, -0.15) is 5.48 Å². The van der Waals surface area contributed by atoms with E-state index >= 15 is 0 Å². The summed E-state index contributed by atoms with van der Waals surface area (Å²) in [5.41, 5.74) is 10.6. The van der Waals surface area contributed by atoms with Gasteiger partial charge in [-0.1, -0.05) is 42.5 Å². The van der Waals surface area contributed by atoms with Gasteiger partial charge in [-0.05, 0) is 23.3 Å². The Hall–Kier alpha value is -2.17. The summed E-state index contributed by atoms with van der Waals surface area (Å²) in [4.78, 5) is 16.4. The summed E-state index contributed by atoms with van der Waals surface area (Å²) in [7, 11) is 0. The van der Waals surface area contributed by atoms with Crippen LogP contribution < -0.4 is 11.2 Å². The van der Waals surface area contributed by atoms with Crippen molar-refractivity contribution >= 4 is 5.91 Å². The van der Waals surface area contributed by atoms with Gasteiger partial charge in [0, 0.05) is 12.1 Å². The summed E-state index contributed by atoms with van der Waals surface area (Å²) in [6, 6.07) is 17.0. The fraction of sp³-hybridized carbons (Fsp3) is 0.133. The van der Waals surface area contributed by atoms with E-state index < -0.39 is 5.91 Å². The lowest BCUT2D eigenvalue weighted by atomic mass is 10.1. The Morgan fingerprint density at radius 1 is 1.05 bits per heavy atom. The van der Waals surface area contributed by atoms with Gasteiger partial charge in [0.2, 0.25) is 5.91 Å². The van der Waals surface area contributed by atoms with Crippen LogP contribution >= 0.6 is 0 Å². The summed E-state index contributed by atoms with van der Waals surface area (Å²) in [6.07, 6.45) is 0. The molecule has 0 heterocycles. The largest absolute Gasteiger partial charge is 0.366 e. The number of benzene rings is 2. The second-order valence-corrected chi connectivity index (χ2v) is 4.16. The monoisotopic (exact) mass is 256 g/mol. The molecule has 0 spiro atoms. The Labute approximate surface area is 112 Å². The van der Waals surface area contributed by atoms with Gasteiger partial charge < -0.3 is 5.73 Å². The van der Waals surface area contributed by atoms with Gasteiger partial charge in [-0.3, -0.25) is 9.63 Å². The zero-order valence-electron chi connectivity index (χ0n) is 10.5. The first-order chi connectivity index (χ1) is 9.25. The van der Waals surface area contributed by atoms with Gasteiger partial charge in [0.05, 0.1) is 6.61 Å². The van der Waals surface area contributed by atoms with Crippen molar-refractivity contribution in [2.45, 2.75) is 13.2 Å². The third-order valence-corrected chi connectivity index (χ3v) is 2.67. The fourth-order valence-corrected chi connectivity index (χ4v) is 1.68. The first kappa shape index (κ1) is 13.3. The van der Waals surface area contributed by atoms with E-state index in [0.29, 0.717) is 18.7 Å². The molecule has 3 N–H and O–H groups in total. The van der Waals surface area contributed by atoms with Crippen LogP contribution in [0, 0.1) is 0 Å². The average molecular weight is 256 g/mol. The Morgan fingerprint density at radius 2 is 1.79 bits per heavy atom. The fourth-order valence-electron chi connectivity index (χ4n) is 1.68. The molecule has 2 aromatic rings. The average Bonchev–Trinajstić information content (AvgIpc) is 2.45. The van der Waals surface area contributed by atoms with E-state index in [1.807, 2.05) is 36.4 Å². The molecule has 19 heavy (non-hydrogen) atoms. The van der Waals surface area contributed by atoms with E-state index in [1.54, 1.807) is 18.2 Å². The molecule has 0 saturated carbocycles. The zero-order valence-corrected chi connectivity index (χ0v) is 10.5. The lowest BCUT2D eigenvalue weighted by Gasteiger charge is -2.07. The number of primary amides is 1. The molecule has 0 aliphatic heterocycles. The highest BCUT2D eigenvalue weighted by Gasteiger charge is 2.01. The highest BCUT2D eigenvalue weighted by Crippen LogP contribution is 2.05. The van der Waals surface area contributed by atoms with E-state index in [9.17, 15) is 4.79 Å². The Kier molecular flexibility index (Phi) is 4.66. The van der Waals surface area contributed by atoms with E-state index in [1.165, 1.54) is 0 Å². The number of hydrogen-bond acceptors (Lipinski definition) is 3. The van der Waals surface area contributed by atoms with Gasteiger partial charge >= 0.3 is 0 Å². The molecule has 2 aromatic carbocycles. The van der Waals surface area contributed by atoms with Crippen LogP contribution in [0.1, 0.15) is 21.5 Å². The van der Waals surface area contributed by atoms with Crippen molar-refractivity contribution in [2.24, 2.45) is 5.73 Å². The summed E-state index contributed by atoms with van der Waals surface area (Å²) in [6.45, 7) is 1.02. The molecule has 2 rings (SSSR count). The van der Waals surface area contributed by atoms with Gasteiger partial charge in [-0.15, -0.1) is 0 Å². The topological polar surface area (TPSA) is 64.4 Å². The maximum atomic E-state index is 11.0. The van der Waals surface area contributed by atoms with Crippen molar-refractivity contribution in [3.8, 4) is 0 Å². The minimum absolute atomic E-state index is 0.424. The van der Waals surface area contributed by atoms with E-state index in [4.69, 9.17) is 10.6 Å². The third kappa shape index (κ3) is 4.21. The molecule has 0 aliphatic rings. The van der Waals surface area contributed by atoms with Crippen LogP contribution in [0.5, 0.6) is 0 Å². The molecular weight excluding hydrogens is 240 g/mol. The normalized spacial score (nSPS) is 10.3. The Morgan fingerprint density at radius 3 is 2.53 bits per heavy atom. The SMILES string of the molecule is NC(=O)c1cccc(CNOCc2ccccc2)c1. The molecule has 98 valence electrons. The lowest BCUT2D eigenvalue weighted by Crippen LogP contribution is -2.15. The highest BCUT2D eigenvalue weighted by molar-refractivity contribution is 5.92. The van der Waals surface area contributed by atoms with Crippen molar-refractivity contribution < 1.29 is 9.63 Å². The van der Waals surface area contributed by atoms with Crippen LogP contribution in [0.25, 0.3) is 0 Å². The van der Waals surface area contributed by atoms with E-state index in [0.717, 1.165) is 11.1 Å². The molecule has 0 fully saturated rings. The van der Waals surface area contributed by atoms with Crippen molar-refractivity contribution in [2.75, 3.05) is 0 Å². The number of carbonyl (C=O) groups is 1. The molecule has 1 amide bonds. The van der Waals surface area contributed by atoms with Crippen LogP contribution in [-0.4, -0.2) is 5.91 Å². The number of amides is 1. The van der Waals surface area contributed by atoms with Gasteiger partial charge in [0.25, 0.3) is 0 Å². The maximum Gasteiger partial charge on any atom is 0.248 e. The van der Waals surface area contributed by atoms with Crippen LogP contribution in [0.4, 0.5) is 0 Å². The summed E-state index contributed by atoms with van der Waals surface area (Å²) in [5.74, 6) is -0.424. The second kappa shape index (κ2) is 6.68. The first-order valence-electron chi connectivity index (χ1n) is 6.03. The Bertz CT molecular complexity index is 541. The molecular formula is C15H16N2O2. The van der Waals surface area contributed by atoms with Crippen molar-refractivity contribution in [3.63, 3.8) is 0 Å². The van der Waals surface area contributed by atoms with Crippen LogP contribution in [-0.2, 0) is 18.0 Å². The molecule has 0 unspecified atom stereocenters. The quantitative estimate of drug-likeness (QED) is 0.614. The van der Waals surface area contributed by atoms with Crippen molar-refractivity contribution in [3.05, 3.63) is 71.3 Å². The zero-order chi connectivity index (χ0) is 13.5. The van der Waals surface area contributed by atoms with Crippen LogP contribution in [0.3, 0.4) is 0 Å². The Balaban J connectivity index is 1.80. The number of hydrogen-bond donors (Lipinski definition) is 2.